The van der Waals surface area contributed by atoms with Crippen LogP contribution in [-0.4, -0.2) is 56.1 Å². The normalized spacial score (nSPS) is 12.7. The minimum absolute atomic E-state index is 0.0557. The monoisotopic (exact) mass is 431 g/mol. The second-order valence-corrected chi connectivity index (χ2v) is 7.77. The van der Waals surface area contributed by atoms with Crippen LogP contribution >= 0.6 is 23.2 Å². The maximum Gasteiger partial charge on any atom is 0.234 e. The molecule has 1 aromatic carbocycles. The van der Waals surface area contributed by atoms with Crippen molar-refractivity contribution in [1.82, 2.24) is 15.2 Å². The third kappa shape index (κ3) is 5.77. The maximum absolute atomic E-state index is 11.7. The number of benzene rings is 1. The maximum atomic E-state index is 11.7. The summed E-state index contributed by atoms with van der Waals surface area (Å²) in [5.41, 5.74) is 2.63. The first kappa shape index (κ1) is 21.3. The summed E-state index contributed by atoms with van der Waals surface area (Å²) in [5.74, 6) is 6.79. The number of carbonyl (C=O) groups is 1. The number of nitrogens with zero attached hydrogens (tertiary/aromatic N) is 3. The molecule has 2 N–H and O–H groups in total. The van der Waals surface area contributed by atoms with E-state index in [1.54, 1.807) is 6.20 Å². The zero-order valence-corrected chi connectivity index (χ0v) is 17.9. The topological polar surface area (TPSA) is 60.5 Å². The number of hydrogen-bond acceptors (Lipinski definition) is 5. The number of nitrogens with one attached hydrogen (secondary N) is 2. The highest BCUT2D eigenvalue weighted by atomic mass is 35.5. The van der Waals surface area contributed by atoms with Gasteiger partial charge in [0.1, 0.15) is 5.82 Å². The molecule has 1 aliphatic heterocycles. The van der Waals surface area contributed by atoms with Crippen molar-refractivity contribution in [3.05, 3.63) is 51.6 Å². The van der Waals surface area contributed by atoms with Crippen LogP contribution in [0.5, 0.6) is 0 Å². The van der Waals surface area contributed by atoms with Gasteiger partial charge in [0.15, 0.2) is 0 Å². The van der Waals surface area contributed by atoms with E-state index in [0.29, 0.717) is 29.7 Å². The van der Waals surface area contributed by atoms with E-state index in [1.165, 1.54) is 0 Å². The Hall–Kier alpha value is -2.46. The molecule has 1 aromatic heterocycles. The van der Waals surface area contributed by atoms with Gasteiger partial charge < -0.3 is 20.4 Å². The molecule has 3 rings (SSSR count). The fraction of sp³-hybridized carbons (Fsp3) is 0.333. The number of likely N-dealkylation sites (N-methyl/N-ethyl adjacent to an activating group) is 1. The average Bonchev–Trinajstić information content (AvgIpc) is 2.68. The van der Waals surface area contributed by atoms with Gasteiger partial charge in [0.25, 0.3) is 0 Å². The molecule has 6 nitrogen and oxygen atoms in total. The van der Waals surface area contributed by atoms with E-state index in [1.807, 2.05) is 43.3 Å². The predicted octanol–water partition coefficient (Wildman–Crippen LogP) is 2.85. The van der Waals surface area contributed by atoms with Crippen molar-refractivity contribution in [2.75, 3.05) is 50.5 Å². The highest BCUT2D eigenvalue weighted by molar-refractivity contribution is 6.36. The lowest BCUT2D eigenvalue weighted by molar-refractivity contribution is -0.121. The van der Waals surface area contributed by atoms with Crippen LogP contribution in [0.4, 0.5) is 11.5 Å². The van der Waals surface area contributed by atoms with E-state index < -0.39 is 0 Å². The molecule has 29 heavy (non-hydrogen) atoms. The van der Waals surface area contributed by atoms with Crippen LogP contribution in [0.2, 0.25) is 10.0 Å². The summed E-state index contributed by atoms with van der Waals surface area (Å²) in [4.78, 5) is 20.2. The Morgan fingerprint density at radius 3 is 2.83 bits per heavy atom. The Kier molecular flexibility index (Phi) is 7.21. The molecule has 0 spiro atoms. The first-order chi connectivity index (χ1) is 13.9. The van der Waals surface area contributed by atoms with Gasteiger partial charge >= 0.3 is 0 Å². The van der Waals surface area contributed by atoms with Crippen LogP contribution < -0.4 is 15.5 Å². The fourth-order valence-corrected chi connectivity index (χ4v) is 3.52. The van der Waals surface area contributed by atoms with Gasteiger partial charge in [-0.1, -0.05) is 41.1 Å². The van der Waals surface area contributed by atoms with Crippen molar-refractivity contribution < 1.29 is 4.79 Å². The highest BCUT2D eigenvalue weighted by Crippen LogP contribution is 2.32. The van der Waals surface area contributed by atoms with E-state index in [9.17, 15) is 4.79 Å². The lowest BCUT2D eigenvalue weighted by atomic mass is 10.1. The second-order valence-electron chi connectivity index (χ2n) is 6.96. The van der Waals surface area contributed by atoms with Gasteiger partial charge in [-0.2, -0.15) is 0 Å². The summed E-state index contributed by atoms with van der Waals surface area (Å²) < 4.78 is 0. The van der Waals surface area contributed by atoms with Gasteiger partial charge in [0.2, 0.25) is 5.91 Å². The molecule has 0 unspecified atom stereocenters. The van der Waals surface area contributed by atoms with Crippen molar-refractivity contribution in [3.8, 4) is 11.8 Å². The molecule has 152 valence electrons. The molecule has 0 saturated heterocycles. The molecule has 8 heteroatoms. The van der Waals surface area contributed by atoms with Crippen LogP contribution in [-0.2, 0) is 11.3 Å². The van der Waals surface area contributed by atoms with Crippen LogP contribution in [0.15, 0.2) is 30.5 Å². The number of halogens is 2. The van der Waals surface area contributed by atoms with Gasteiger partial charge in [-0.15, -0.1) is 0 Å². The molecule has 2 aromatic rings. The Labute approximate surface area is 181 Å². The Morgan fingerprint density at radius 1 is 1.34 bits per heavy atom. The molecule has 0 saturated carbocycles. The van der Waals surface area contributed by atoms with E-state index >= 15 is 0 Å². The predicted molar refractivity (Wildman–Crippen MR) is 119 cm³/mol. The molecular formula is C21H23Cl2N5O. The van der Waals surface area contributed by atoms with E-state index in [-0.39, 0.29) is 5.91 Å². The summed E-state index contributed by atoms with van der Waals surface area (Å²) in [7, 11) is 3.69. The van der Waals surface area contributed by atoms with Crippen molar-refractivity contribution in [1.29, 1.82) is 0 Å². The summed E-state index contributed by atoms with van der Waals surface area (Å²) >= 11 is 12.7. The van der Waals surface area contributed by atoms with Gasteiger partial charge in [-0.3, -0.25) is 4.79 Å². The SMILES string of the molecule is CN(C)CC(=O)NCC#Cc1cnc2c(c1)N(Cc1c(Cl)cccc1Cl)CCN2. The summed E-state index contributed by atoms with van der Waals surface area (Å²) in [6, 6.07) is 7.52. The van der Waals surface area contributed by atoms with Gasteiger partial charge in [-0.25, -0.2) is 4.98 Å². The first-order valence-electron chi connectivity index (χ1n) is 9.26. The number of anilines is 2. The minimum atomic E-state index is -0.0557. The smallest absolute Gasteiger partial charge is 0.234 e. The average molecular weight is 432 g/mol. The van der Waals surface area contributed by atoms with Crippen LogP contribution in [0.3, 0.4) is 0 Å². The summed E-state index contributed by atoms with van der Waals surface area (Å²) in [5, 5.41) is 7.38. The summed E-state index contributed by atoms with van der Waals surface area (Å²) in [6.45, 7) is 2.80. The van der Waals surface area contributed by atoms with Gasteiger partial charge in [0.05, 0.1) is 18.8 Å². The number of pyridine rings is 1. The minimum Gasteiger partial charge on any atom is -0.367 e. The number of fused-ring (bicyclic) bond motifs is 1. The van der Waals surface area contributed by atoms with Gasteiger partial charge in [0, 0.05) is 47.0 Å². The molecule has 1 aliphatic rings. The number of aromatic nitrogens is 1. The lowest BCUT2D eigenvalue weighted by Gasteiger charge is -2.32. The zero-order chi connectivity index (χ0) is 20.8. The standard InChI is InChI=1S/C21H23Cl2N5O/c1-27(2)14-20(29)24-8-4-5-15-11-19-21(26-12-15)25-9-10-28(19)13-16-17(22)6-3-7-18(16)23/h3,6-7,11-12H,8-10,13-14H2,1-2H3,(H,24,29)(H,25,26). The lowest BCUT2D eigenvalue weighted by Crippen LogP contribution is -2.34. The van der Waals surface area contributed by atoms with Crippen molar-refractivity contribution in [2.45, 2.75) is 6.54 Å². The molecular weight excluding hydrogens is 409 g/mol. The first-order valence-corrected chi connectivity index (χ1v) is 10.0. The fourth-order valence-electron chi connectivity index (χ4n) is 3.00. The van der Waals surface area contributed by atoms with E-state index in [4.69, 9.17) is 23.2 Å². The van der Waals surface area contributed by atoms with Crippen LogP contribution in [0, 0.1) is 11.8 Å². The Bertz CT molecular complexity index is 932. The van der Waals surface area contributed by atoms with E-state index in [2.05, 4.69) is 32.4 Å². The van der Waals surface area contributed by atoms with Crippen molar-refractivity contribution in [3.63, 3.8) is 0 Å². The Morgan fingerprint density at radius 2 is 2.10 bits per heavy atom. The van der Waals surface area contributed by atoms with Crippen molar-refractivity contribution >= 4 is 40.6 Å². The number of hydrogen-bond donors (Lipinski definition) is 2. The molecule has 0 bridgehead atoms. The van der Waals surface area contributed by atoms with Crippen LogP contribution in [0.25, 0.3) is 0 Å². The quantitative estimate of drug-likeness (QED) is 0.712. The number of amides is 1. The Balaban J connectivity index is 1.73. The van der Waals surface area contributed by atoms with Crippen molar-refractivity contribution in [2.24, 2.45) is 0 Å². The molecule has 0 atom stereocenters. The zero-order valence-electron chi connectivity index (χ0n) is 16.4. The van der Waals surface area contributed by atoms with Gasteiger partial charge in [-0.05, 0) is 32.3 Å². The number of carbonyl (C=O) groups excluding carboxylic acids is 1. The largest absolute Gasteiger partial charge is 0.367 e. The van der Waals surface area contributed by atoms with E-state index in [0.717, 1.165) is 35.7 Å². The van der Waals surface area contributed by atoms with Crippen LogP contribution in [0.1, 0.15) is 11.1 Å². The molecule has 1 amide bonds. The summed E-state index contributed by atoms with van der Waals surface area (Å²) in [6.07, 6.45) is 1.73. The molecule has 2 heterocycles. The third-order valence-corrected chi connectivity index (χ3v) is 5.07. The second kappa shape index (κ2) is 9.84. The third-order valence-electron chi connectivity index (χ3n) is 4.36. The molecule has 0 radical (unpaired) electrons. The number of rotatable bonds is 5. The highest BCUT2D eigenvalue weighted by Gasteiger charge is 2.20. The molecule has 0 fully saturated rings. The molecule has 0 aliphatic carbocycles.